The number of benzene rings is 1. The Kier molecular flexibility index (Phi) is 4.25. The molecular weight excluding hydrogens is 306 g/mol. The average Bonchev–Trinajstić information content (AvgIpc) is 2.84. The minimum atomic E-state index is 0.168. The predicted octanol–water partition coefficient (Wildman–Crippen LogP) is 5.20. The second-order valence-corrected chi connectivity index (χ2v) is 6.55. The third-order valence-corrected chi connectivity index (χ3v) is 5.67. The summed E-state index contributed by atoms with van der Waals surface area (Å²) in [6.45, 7) is 6.39. The van der Waals surface area contributed by atoms with Crippen LogP contribution in [0.4, 0.5) is 0 Å². The largest absolute Gasteiger partial charge is 0.323 e. The molecule has 1 nitrogen and oxygen atoms in total. The van der Waals surface area contributed by atoms with Crippen molar-refractivity contribution >= 4 is 27.3 Å². The number of aryl methyl sites for hydroxylation is 2. The third kappa shape index (κ3) is 2.68. The molecule has 1 atom stereocenters. The van der Waals surface area contributed by atoms with Crippen LogP contribution in [0.1, 0.15) is 35.4 Å². The highest BCUT2D eigenvalue weighted by Gasteiger charge is 2.10. The van der Waals surface area contributed by atoms with Gasteiger partial charge in [0.1, 0.15) is 0 Å². The molecule has 1 unspecified atom stereocenters. The summed E-state index contributed by atoms with van der Waals surface area (Å²) in [6.07, 6.45) is 0.984. The lowest BCUT2D eigenvalue weighted by molar-refractivity contribution is 0.712. The molecule has 1 heterocycles. The molecule has 0 radical (unpaired) electrons. The van der Waals surface area contributed by atoms with E-state index in [1.807, 2.05) is 0 Å². The number of nitrogens with two attached hydrogens (primary N) is 1. The summed E-state index contributed by atoms with van der Waals surface area (Å²) in [6, 6.07) is 8.95. The van der Waals surface area contributed by atoms with E-state index < -0.39 is 0 Å². The molecule has 18 heavy (non-hydrogen) atoms. The summed E-state index contributed by atoms with van der Waals surface area (Å²) < 4.78 is 1.20. The van der Waals surface area contributed by atoms with Gasteiger partial charge in [0.25, 0.3) is 0 Å². The number of halogens is 1. The zero-order chi connectivity index (χ0) is 13.3. The maximum absolute atomic E-state index is 6.07. The van der Waals surface area contributed by atoms with Gasteiger partial charge in [-0.1, -0.05) is 22.9 Å². The molecule has 0 bridgehead atoms. The molecule has 3 heteroatoms. The van der Waals surface area contributed by atoms with Crippen LogP contribution in [0.15, 0.2) is 28.7 Å². The Balaban J connectivity index is 2.40. The summed E-state index contributed by atoms with van der Waals surface area (Å²) in [4.78, 5) is 2.57. The Hall–Kier alpha value is -0.640. The molecule has 0 amide bonds. The van der Waals surface area contributed by atoms with Crippen molar-refractivity contribution in [2.45, 2.75) is 33.2 Å². The smallest absolute Gasteiger partial charge is 0.0387 e. The van der Waals surface area contributed by atoms with Crippen LogP contribution >= 0.6 is 27.3 Å². The van der Waals surface area contributed by atoms with Crippen LogP contribution in [0, 0.1) is 13.8 Å². The van der Waals surface area contributed by atoms with E-state index in [4.69, 9.17) is 5.73 Å². The minimum absolute atomic E-state index is 0.168. The van der Waals surface area contributed by atoms with Crippen molar-refractivity contribution in [1.29, 1.82) is 0 Å². The Bertz CT molecular complexity index is 536. The molecule has 0 aliphatic rings. The van der Waals surface area contributed by atoms with Crippen LogP contribution in [0.3, 0.4) is 0 Å². The summed E-state index contributed by atoms with van der Waals surface area (Å²) in [5.41, 5.74) is 9.91. The van der Waals surface area contributed by atoms with Crippen LogP contribution in [0.5, 0.6) is 0 Å². The van der Waals surface area contributed by atoms with Crippen LogP contribution in [0.25, 0.3) is 10.4 Å². The van der Waals surface area contributed by atoms with E-state index in [-0.39, 0.29) is 6.04 Å². The van der Waals surface area contributed by atoms with Crippen molar-refractivity contribution in [3.63, 3.8) is 0 Å². The number of thiophene rings is 1. The van der Waals surface area contributed by atoms with Gasteiger partial charge < -0.3 is 5.73 Å². The molecule has 0 saturated heterocycles. The second kappa shape index (κ2) is 5.55. The molecular formula is C15H18BrNS. The highest BCUT2D eigenvalue weighted by atomic mass is 79.9. The highest BCUT2D eigenvalue weighted by Crippen LogP contribution is 2.34. The molecule has 0 spiro atoms. The monoisotopic (exact) mass is 323 g/mol. The minimum Gasteiger partial charge on any atom is -0.323 e. The first kappa shape index (κ1) is 13.8. The Labute approximate surface area is 121 Å². The fourth-order valence-corrected chi connectivity index (χ4v) is 3.31. The summed E-state index contributed by atoms with van der Waals surface area (Å²) >= 11 is 5.41. The molecule has 2 aromatic rings. The normalized spacial score (nSPS) is 12.7. The van der Waals surface area contributed by atoms with Gasteiger partial charge in [-0.25, -0.2) is 0 Å². The maximum Gasteiger partial charge on any atom is 0.0387 e. The van der Waals surface area contributed by atoms with Crippen molar-refractivity contribution in [1.82, 2.24) is 0 Å². The van der Waals surface area contributed by atoms with E-state index in [1.165, 1.54) is 30.9 Å². The Morgan fingerprint density at radius 2 is 1.83 bits per heavy atom. The Morgan fingerprint density at radius 3 is 2.39 bits per heavy atom. The van der Waals surface area contributed by atoms with Crippen molar-refractivity contribution in [3.05, 3.63) is 44.7 Å². The van der Waals surface area contributed by atoms with Gasteiger partial charge in [-0.3, -0.25) is 0 Å². The maximum atomic E-state index is 6.07. The lowest BCUT2D eigenvalue weighted by atomic mass is 10.1. The van der Waals surface area contributed by atoms with Gasteiger partial charge in [0.2, 0.25) is 0 Å². The third-order valence-electron chi connectivity index (χ3n) is 3.15. The topological polar surface area (TPSA) is 26.0 Å². The van der Waals surface area contributed by atoms with E-state index in [2.05, 4.69) is 61.0 Å². The van der Waals surface area contributed by atoms with E-state index in [1.54, 1.807) is 11.3 Å². The summed E-state index contributed by atoms with van der Waals surface area (Å²) in [5.74, 6) is 0. The van der Waals surface area contributed by atoms with Gasteiger partial charge in [-0.05, 0) is 61.2 Å². The standard InChI is InChI=1S/C15H18BrNS/c1-4-12(17)14-6-5-13(18-14)11-7-9(2)15(16)10(3)8-11/h5-8,12H,4,17H2,1-3H3. The molecule has 0 fully saturated rings. The lowest BCUT2D eigenvalue weighted by Gasteiger charge is -2.07. The van der Waals surface area contributed by atoms with Crippen molar-refractivity contribution in [2.75, 3.05) is 0 Å². The summed E-state index contributed by atoms with van der Waals surface area (Å²) in [7, 11) is 0. The van der Waals surface area contributed by atoms with Gasteiger partial charge in [0.05, 0.1) is 0 Å². The number of hydrogen-bond donors (Lipinski definition) is 1. The molecule has 1 aromatic carbocycles. The van der Waals surface area contributed by atoms with Gasteiger partial charge in [-0.2, -0.15) is 0 Å². The first-order valence-corrected chi connectivity index (χ1v) is 7.76. The molecule has 0 aliphatic heterocycles. The molecule has 2 N–H and O–H groups in total. The predicted molar refractivity (Wildman–Crippen MR) is 84.1 cm³/mol. The van der Waals surface area contributed by atoms with Gasteiger partial charge >= 0.3 is 0 Å². The van der Waals surface area contributed by atoms with Gasteiger partial charge in [-0.15, -0.1) is 11.3 Å². The molecule has 96 valence electrons. The Morgan fingerprint density at radius 1 is 1.22 bits per heavy atom. The summed E-state index contributed by atoms with van der Waals surface area (Å²) in [5, 5.41) is 0. The van der Waals surface area contributed by atoms with Gasteiger partial charge in [0.15, 0.2) is 0 Å². The van der Waals surface area contributed by atoms with E-state index in [9.17, 15) is 0 Å². The fourth-order valence-electron chi connectivity index (χ4n) is 2.00. The number of rotatable bonds is 3. The first-order chi connectivity index (χ1) is 8.52. The fraction of sp³-hybridized carbons (Fsp3) is 0.333. The average molecular weight is 324 g/mol. The van der Waals surface area contributed by atoms with E-state index >= 15 is 0 Å². The van der Waals surface area contributed by atoms with E-state index in [0.717, 1.165) is 6.42 Å². The van der Waals surface area contributed by atoms with Crippen molar-refractivity contribution < 1.29 is 0 Å². The van der Waals surface area contributed by atoms with Crippen LogP contribution in [-0.4, -0.2) is 0 Å². The molecule has 2 rings (SSSR count). The molecule has 0 saturated carbocycles. The molecule has 1 aromatic heterocycles. The zero-order valence-electron chi connectivity index (χ0n) is 11.0. The lowest BCUT2D eigenvalue weighted by Crippen LogP contribution is -2.05. The van der Waals surface area contributed by atoms with Crippen molar-refractivity contribution in [3.8, 4) is 10.4 Å². The SMILES string of the molecule is CCC(N)c1ccc(-c2cc(C)c(Br)c(C)c2)s1. The molecule has 0 aliphatic carbocycles. The van der Waals surface area contributed by atoms with Crippen molar-refractivity contribution in [2.24, 2.45) is 5.73 Å². The quantitative estimate of drug-likeness (QED) is 0.824. The van der Waals surface area contributed by atoms with E-state index in [0.29, 0.717) is 0 Å². The van der Waals surface area contributed by atoms with Crippen LogP contribution in [0.2, 0.25) is 0 Å². The van der Waals surface area contributed by atoms with Gasteiger partial charge in [0, 0.05) is 20.3 Å². The van der Waals surface area contributed by atoms with Crippen LogP contribution < -0.4 is 5.73 Å². The zero-order valence-corrected chi connectivity index (χ0v) is 13.4. The first-order valence-electron chi connectivity index (χ1n) is 6.15. The second-order valence-electron chi connectivity index (χ2n) is 4.64. The highest BCUT2D eigenvalue weighted by molar-refractivity contribution is 9.10. The van der Waals surface area contributed by atoms with Crippen LogP contribution in [-0.2, 0) is 0 Å². The number of hydrogen-bond acceptors (Lipinski definition) is 2.